The van der Waals surface area contributed by atoms with Crippen LogP contribution in [0.2, 0.25) is 0 Å². The Hall–Kier alpha value is -15.6. The Balaban J connectivity index is 0.000000130. The topological polar surface area (TPSA) is 295 Å². The molecular formula is C87H69N13O11. The van der Waals surface area contributed by atoms with Gasteiger partial charge in [0.15, 0.2) is 23.0 Å². The van der Waals surface area contributed by atoms with E-state index in [0.717, 1.165) is 66.9 Å². The van der Waals surface area contributed by atoms with E-state index in [-0.39, 0.29) is 35.1 Å². The van der Waals surface area contributed by atoms with E-state index in [1.807, 2.05) is 218 Å². The molecule has 111 heavy (non-hydrogen) atoms. The third-order valence-corrected chi connectivity index (χ3v) is 17.6. The highest BCUT2D eigenvalue weighted by Gasteiger charge is 2.18. The highest BCUT2D eigenvalue weighted by atomic mass is 16.5. The number of phenolic OH excluding ortho intramolecular Hbond substituents is 1. The molecule has 24 nitrogen and oxygen atoms in total. The molecule has 4 aromatic heterocycles. The van der Waals surface area contributed by atoms with E-state index in [2.05, 4.69) is 45.9 Å². The Morgan fingerprint density at radius 2 is 0.631 bits per heavy atom. The van der Waals surface area contributed by atoms with Gasteiger partial charge >= 0.3 is 5.97 Å². The first-order valence-corrected chi connectivity index (χ1v) is 34.4. The summed E-state index contributed by atoms with van der Waals surface area (Å²) in [7, 11) is 7.33. The molecule has 0 bridgehead atoms. The summed E-state index contributed by atoms with van der Waals surface area (Å²) in [6.45, 7) is 0. The molecule has 24 heteroatoms. The highest BCUT2D eigenvalue weighted by Crippen LogP contribution is 2.32. The second-order valence-electron chi connectivity index (χ2n) is 24.5. The fraction of sp³-hybridized carbons (Fsp3) is 0.0575. The number of anilines is 4. The summed E-state index contributed by atoms with van der Waals surface area (Å²) in [5.74, 6) is 0.196. The average Bonchev–Trinajstić information content (AvgIpc) is 1.68. The number of rotatable bonds is 17. The molecule has 4 amide bonds. The maximum atomic E-state index is 12.7. The Morgan fingerprint density at radius 3 is 0.982 bits per heavy atom. The second kappa shape index (κ2) is 34.1. The minimum Gasteiger partial charge on any atom is -0.504 e. The number of phenols is 1. The third kappa shape index (κ3) is 17.0. The van der Waals surface area contributed by atoms with Crippen molar-refractivity contribution in [3.05, 3.63) is 332 Å². The van der Waals surface area contributed by atoms with Crippen molar-refractivity contribution in [2.24, 2.45) is 0 Å². The first kappa shape index (κ1) is 73.7. The number of nitrogens with one attached hydrogen (secondary N) is 4. The number of nitriles is 1. The first-order chi connectivity index (χ1) is 54.2. The molecule has 0 aliphatic rings. The van der Waals surface area contributed by atoms with Gasteiger partial charge in [-0.25, -0.2) is 24.7 Å². The number of benzene rings is 12. The van der Waals surface area contributed by atoms with Crippen LogP contribution in [0.4, 0.5) is 22.7 Å². The van der Waals surface area contributed by atoms with Gasteiger partial charge in [-0.2, -0.15) is 5.26 Å². The minimum atomic E-state index is -0.438. The Kier molecular flexibility index (Phi) is 22.6. The van der Waals surface area contributed by atoms with Gasteiger partial charge in [0.25, 0.3) is 23.6 Å². The number of aromatic nitrogens is 8. The molecule has 0 saturated carbocycles. The molecule has 12 aromatic carbocycles. The number of methoxy groups -OCH3 is 5. The third-order valence-electron chi connectivity index (χ3n) is 17.6. The van der Waals surface area contributed by atoms with Crippen molar-refractivity contribution in [1.82, 2.24) is 38.2 Å². The lowest BCUT2D eigenvalue weighted by atomic mass is 10.1. The number of amides is 4. The van der Waals surface area contributed by atoms with E-state index in [0.29, 0.717) is 73.4 Å². The summed E-state index contributed by atoms with van der Waals surface area (Å²) in [6, 6.07) is 84.3. The van der Waals surface area contributed by atoms with Gasteiger partial charge in [-0.3, -0.25) is 37.4 Å². The molecule has 16 aromatic rings. The smallest absolute Gasteiger partial charge is 0.337 e. The number of imidazole rings is 4. The van der Waals surface area contributed by atoms with Crippen molar-refractivity contribution in [3.8, 4) is 57.6 Å². The van der Waals surface area contributed by atoms with Gasteiger partial charge in [0.2, 0.25) is 0 Å². The van der Waals surface area contributed by atoms with Crippen LogP contribution in [0.5, 0.6) is 28.7 Å². The molecule has 0 saturated heterocycles. The van der Waals surface area contributed by atoms with Crippen LogP contribution in [0.3, 0.4) is 0 Å². The number of nitrogens with zero attached hydrogens (tertiary/aromatic N) is 9. The highest BCUT2D eigenvalue weighted by molar-refractivity contribution is 6.07. The summed E-state index contributed by atoms with van der Waals surface area (Å²) >= 11 is 0. The van der Waals surface area contributed by atoms with Gasteiger partial charge in [-0.15, -0.1) is 0 Å². The fourth-order valence-corrected chi connectivity index (χ4v) is 12.0. The molecule has 0 fully saturated rings. The van der Waals surface area contributed by atoms with Crippen molar-refractivity contribution >= 4 is 96.5 Å². The monoisotopic (exact) mass is 1470 g/mol. The quantitative estimate of drug-likeness (QED) is 0.0529. The number of hydrogen-bond acceptors (Lipinski definition) is 16. The standard InChI is InChI=1S/C22H16N4O2.C22H19N3O3.C22H17N3O3.C21H17N3O3/c1-28-21-11-15(9-10-16(21)13-23)22(27)25-17-5-4-6-18(12-17)26-14-24-19-7-2-3-8-20(19)26;1-27-20-11-10-15(12-21(20)28-2)22(26)24-16-6-5-7-17(13-16)25-14-23-18-8-3-4-9-19(18)25;1-28-22(27)16-11-9-15(10-12-16)21(26)24-17-5-4-6-18(13-17)25-14-23-19-7-2-3-8-20(19)25;1-27-20-11-14(9-10-19(20)25)21(26)23-15-5-4-6-16(12-15)24-13-22-17-7-2-3-8-18(17)24/h2-12,14H,1H3,(H,25,27);3-14H,1-2H3,(H,24,26);2-14H,1H3,(H,24,26);2-13,25H,1H3,(H,23,26). The number of para-hydroxylation sites is 8. The summed E-state index contributed by atoms with van der Waals surface area (Å²) in [5.41, 5.74) is 16.4. The van der Waals surface area contributed by atoms with Crippen molar-refractivity contribution in [1.29, 1.82) is 5.26 Å². The van der Waals surface area contributed by atoms with Gasteiger partial charge in [0, 0.05) is 67.8 Å². The maximum Gasteiger partial charge on any atom is 0.337 e. The lowest BCUT2D eigenvalue weighted by Crippen LogP contribution is -2.12. The van der Waals surface area contributed by atoms with Gasteiger partial charge < -0.3 is 50.1 Å². The van der Waals surface area contributed by atoms with E-state index in [1.54, 1.807) is 106 Å². The number of fused-ring (bicyclic) bond motifs is 4. The van der Waals surface area contributed by atoms with E-state index in [4.69, 9.17) is 24.2 Å². The average molecular weight is 1470 g/mol. The van der Waals surface area contributed by atoms with Crippen LogP contribution in [0.1, 0.15) is 57.4 Å². The zero-order valence-corrected chi connectivity index (χ0v) is 60.3. The molecule has 5 N–H and O–H groups in total. The number of carbonyl (C=O) groups is 5. The van der Waals surface area contributed by atoms with E-state index < -0.39 is 5.97 Å². The molecule has 4 heterocycles. The van der Waals surface area contributed by atoms with Crippen LogP contribution >= 0.6 is 0 Å². The number of aromatic hydroxyl groups is 1. The summed E-state index contributed by atoms with van der Waals surface area (Å²) < 4.78 is 33.3. The number of hydrogen-bond donors (Lipinski definition) is 5. The summed E-state index contributed by atoms with van der Waals surface area (Å²) in [5, 5.41) is 30.3. The number of carbonyl (C=O) groups excluding carboxylic acids is 5. The van der Waals surface area contributed by atoms with E-state index >= 15 is 0 Å². The largest absolute Gasteiger partial charge is 0.504 e. The Bertz CT molecular complexity index is 6160. The van der Waals surface area contributed by atoms with Crippen molar-refractivity contribution in [2.45, 2.75) is 0 Å². The van der Waals surface area contributed by atoms with Crippen LogP contribution in [0.25, 0.3) is 66.9 Å². The molecule has 0 aliphatic carbocycles. The van der Waals surface area contributed by atoms with Crippen molar-refractivity contribution in [3.63, 3.8) is 0 Å². The summed E-state index contributed by atoms with van der Waals surface area (Å²) in [4.78, 5) is 79.5. The molecule has 0 aliphatic heterocycles. The molecule has 16 rings (SSSR count). The van der Waals surface area contributed by atoms with Crippen LogP contribution in [0.15, 0.2) is 298 Å². The predicted molar refractivity (Wildman–Crippen MR) is 426 cm³/mol. The number of ether oxygens (including phenoxy) is 5. The van der Waals surface area contributed by atoms with Crippen LogP contribution in [-0.4, -0.2) is 108 Å². The molecule has 0 spiro atoms. The molecule has 0 radical (unpaired) electrons. The maximum absolute atomic E-state index is 12.7. The molecule has 548 valence electrons. The van der Waals surface area contributed by atoms with Gasteiger partial charge in [-0.1, -0.05) is 72.8 Å². The number of esters is 1. The van der Waals surface area contributed by atoms with Gasteiger partial charge in [0.1, 0.15) is 37.1 Å². The summed E-state index contributed by atoms with van der Waals surface area (Å²) in [6.07, 6.45) is 7.06. The normalized spacial score (nSPS) is 10.6. The zero-order chi connectivity index (χ0) is 77.3. The van der Waals surface area contributed by atoms with Crippen LogP contribution in [-0.2, 0) is 4.74 Å². The lowest BCUT2D eigenvalue weighted by molar-refractivity contribution is 0.0600. The van der Waals surface area contributed by atoms with Crippen molar-refractivity contribution < 1.29 is 52.8 Å². The Labute approximate surface area is 635 Å². The lowest BCUT2D eigenvalue weighted by Gasteiger charge is -2.11. The predicted octanol–water partition coefficient (Wildman–Crippen LogP) is 16.5. The van der Waals surface area contributed by atoms with E-state index in [9.17, 15) is 29.1 Å². The van der Waals surface area contributed by atoms with Gasteiger partial charge in [-0.05, 0) is 200 Å². The molecular weight excluding hydrogens is 1400 g/mol. The molecule has 0 unspecified atom stereocenters. The Morgan fingerprint density at radius 1 is 0.324 bits per heavy atom. The van der Waals surface area contributed by atoms with Gasteiger partial charge in [0.05, 0.1) is 90.8 Å². The van der Waals surface area contributed by atoms with Crippen LogP contribution < -0.4 is 40.2 Å². The minimum absolute atomic E-state index is 0.0111. The molecule has 0 atom stereocenters. The first-order valence-electron chi connectivity index (χ1n) is 34.4. The van der Waals surface area contributed by atoms with E-state index in [1.165, 1.54) is 33.5 Å². The SMILES string of the molecule is COC(=O)c1ccc(C(=O)Nc2cccc(-n3cnc4ccccc43)c2)cc1.COc1cc(C(=O)Nc2cccc(-n3cnc4ccccc43)c2)ccc1C#N.COc1cc(C(=O)Nc2cccc(-n3cnc4ccccc43)c2)ccc1O.COc1ccc(C(=O)Nc2cccc(-n3cnc4ccccc43)c2)cc1OC. The fourth-order valence-electron chi connectivity index (χ4n) is 12.0. The van der Waals surface area contributed by atoms with Crippen LogP contribution in [0, 0.1) is 11.3 Å². The van der Waals surface area contributed by atoms with Crippen molar-refractivity contribution in [2.75, 3.05) is 56.8 Å². The zero-order valence-electron chi connectivity index (χ0n) is 60.3. The second-order valence-corrected chi connectivity index (χ2v) is 24.5.